The first-order valence-electron chi connectivity index (χ1n) is 9.91. The van der Waals surface area contributed by atoms with Crippen molar-refractivity contribution in [3.05, 3.63) is 6.20 Å². The van der Waals surface area contributed by atoms with Crippen molar-refractivity contribution in [1.82, 2.24) is 4.98 Å². The van der Waals surface area contributed by atoms with Gasteiger partial charge in [0.05, 0.1) is 0 Å². The van der Waals surface area contributed by atoms with E-state index in [2.05, 4.69) is 37.3 Å². The molecule has 0 fully saturated rings. The minimum atomic E-state index is -2.43. The van der Waals surface area contributed by atoms with E-state index in [4.69, 9.17) is 4.74 Å². The van der Waals surface area contributed by atoms with Crippen LogP contribution in [0.3, 0.4) is 0 Å². The van der Waals surface area contributed by atoms with E-state index in [1.165, 1.54) is 54.7 Å². The van der Waals surface area contributed by atoms with Crippen LogP contribution in [0.15, 0.2) is 6.20 Å². The molecule has 0 aromatic carbocycles. The van der Waals surface area contributed by atoms with Crippen LogP contribution in [0.1, 0.15) is 73.1 Å². The molecule has 4 nitrogen and oxygen atoms in total. The van der Waals surface area contributed by atoms with Crippen LogP contribution in [-0.4, -0.2) is 35.6 Å². The number of amides is 1. The Morgan fingerprint density at radius 2 is 1.64 bits per heavy atom. The summed E-state index contributed by atoms with van der Waals surface area (Å²) in [5, 5.41) is 3.51. The summed E-state index contributed by atoms with van der Waals surface area (Å²) in [6, 6.07) is 0. The van der Waals surface area contributed by atoms with Crippen molar-refractivity contribution in [1.29, 1.82) is 0 Å². The minimum absolute atomic E-state index is 0.114. The Bertz CT molecular complexity index is 484. The van der Waals surface area contributed by atoms with Gasteiger partial charge in [-0.15, -0.1) is 0 Å². The zero-order valence-corrected chi connectivity index (χ0v) is 20.4. The van der Waals surface area contributed by atoms with Crippen LogP contribution >= 0.6 is 11.3 Å². The first-order chi connectivity index (χ1) is 12.0. The maximum absolute atomic E-state index is 11.8. The molecule has 0 aliphatic carbocycles. The second-order valence-corrected chi connectivity index (χ2v) is 22.4. The summed E-state index contributed by atoms with van der Waals surface area (Å²) < 4.78 is 11.0. The van der Waals surface area contributed by atoms with Crippen molar-refractivity contribution in [3.8, 4) is 0 Å². The number of nitrogens with one attached hydrogen (secondary N) is 1. The van der Waals surface area contributed by atoms with E-state index >= 15 is 0 Å². The summed E-state index contributed by atoms with van der Waals surface area (Å²) in [6.07, 6.45) is 9.36. The average molecular weight is 475 g/mol. The zero-order valence-electron chi connectivity index (χ0n) is 16.7. The molecule has 1 rings (SSSR count). The standard InChI is InChI=1S/C7H9N2O2S.3C4H9.Sn/c1-5(2)11-7(10)9-6-8-3-4-12-6;3*1-3-4-2;/h3,5H,1-2H3,(H,8,9,10);3*1,3-4H2,2H3;. The van der Waals surface area contributed by atoms with Gasteiger partial charge >= 0.3 is 162 Å². The summed E-state index contributed by atoms with van der Waals surface area (Å²) in [5.41, 5.74) is 0. The van der Waals surface area contributed by atoms with Crippen LogP contribution in [0.2, 0.25) is 13.3 Å². The molecule has 0 saturated carbocycles. The monoisotopic (exact) mass is 476 g/mol. The molecular formula is C19H36N2O2SSn. The Labute approximate surface area is 162 Å². The molecule has 6 heteroatoms. The third kappa shape index (κ3) is 7.85. The number of unbranched alkanes of at least 4 members (excludes halogenated alkanes) is 3. The van der Waals surface area contributed by atoms with Crippen molar-refractivity contribution in [3.63, 3.8) is 0 Å². The van der Waals surface area contributed by atoms with E-state index < -0.39 is 24.5 Å². The van der Waals surface area contributed by atoms with Gasteiger partial charge in [-0.1, -0.05) is 0 Å². The van der Waals surface area contributed by atoms with Gasteiger partial charge in [0.15, 0.2) is 0 Å². The first-order valence-corrected chi connectivity index (χ1v) is 18.2. The molecule has 1 heterocycles. The number of hydrogen-bond donors (Lipinski definition) is 1. The molecule has 0 radical (unpaired) electrons. The molecule has 0 saturated heterocycles. The maximum atomic E-state index is 11.8. The molecule has 0 bridgehead atoms. The van der Waals surface area contributed by atoms with E-state index in [0.29, 0.717) is 5.13 Å². The van der Waals surface area contributed by atoms with Crippen LogP contribution in [0.25, 0.3) is 0 Å². The summed E-state index contributed by atoms with van der Waals surface area (Å²) in [6.45, 7) is 10.6. The van der Waals surface area contributed by atoms with Gasteiger partial charge in [0.2, 0.25) is 0 Å². The van der Waals surface area contributed by atoms with Gasteiger partial charge in [0.1, 0.15) is 0 Å². The van der Waals surface area contributed by atoms with E-state index in [1.807, 2.05) is 13.8 Å². The molecule has 0 aliphatic rings. The molecule has 25 heavy (non-hydrogen) atoms. The molecule has 0 atom stereocenters. The SMILES string of the molecule is CCC[CH2][Sn]([CH2]CCC)([CH2]CCC)[c]1cnc(NC(=O)OC(C)C)s1. The van der Waals surface area contributed by atoms with Gasteiger partial charge in [0.25, 0.3) is 0 Å². The molecular weight excluding hydrogens is 439 g/mol. The Kier molecular flexibility index (Phi) is 11.1. The number of nitrogens with zero attached hydrogens (tertiary/aromatic N) is 1. The summed E-state index contributed by atoms with van der Waals surface area (Å²) in [7, 11) is 0. The molecule has 1 aromatic heterocycles. The number of hydrogen-bond acceptors (Lipinski definition) is 4. The van der Waals surface area contributed by atoms with Crippen LogP contribution < -0.4 is 8.21 Å². The van der Waals surface area contributed by atoms with Gasteiger partial charge in [-0.2, -0.15) is 0 Å². The van der Waals surface area contributed by atoms with Crippen molar-refractivity contribution in [2.75, 3.05) is 5.32 Å². The van der Waals surface area contributed by atoms with E-state index in [0.717, 1.165) is 0 Å². The molecule has 0 spiro atoms. The number of aromatic nitrogens is 1. The predicted octanol–water partition coefficient (Wildman–Crippen LogP) is 6.16. The van der Waals surface area contributed by atoms with Crippen molar-refractivity contribution in [2.45, 2.75) is 92.6 Å². The van der Waals surface area contributed by atoms with Crippen molar-refractivity contribution in [2.24, 2.45) is 0 Å². The number of rotatable bonds is 12. The van der Waals surface area contributed by atoms with E-state index in [9.17, 15) is 4.79 Å². The van der Waals surface area contributed by atoms with Gasteiger partial charge < -0.3 is 0 Å². The molecule has 1 aromatic rings. The fourth-order valence-corrected chi connectivity index (χ4v) is 22.7. The predicted molar refractivity (Wildman–Crippen MR) is 112 cm³/mol. The zero-order chi connectivity index (χ0) is 18.7. The Morgan fingerprint density at radius 3 is 2.08 bits per heavy atom. The third-order valence-electron chi connectivity index (χ3n) is 4.61. The first kappa shape index (κ1) is 22.7. The Morgan fingerprint density at radius 1 is 1.12 bits per heavy atom. The number of anilines is 1. The van der Waals surface area contributed by atoms with Gasteiger partial charge in [-0.05, 0) is 0 Å². The molecule has 1 amide bonds. The van der Waals surface area contributed by atoms with Crippen molar-refractivity contribution < 1.29 is 9.53 Å². The number of carbonyl (C=O) groups is 1. The number of carbonyl (C=O) groups excluding carboxylic acids is 1. The Balaban J connectivity index is 2.97. The molecule has 1 N–H and O–H groups in total. The van der Waals surface area contributed by atoms with Gasteiger partial charge in [-0.3, -0.25) is 0 Å². The third-order valence-corrected chi connectivity index (χ3v) is 23.7. The molecule has 144 valence electrons. The second kappa shape index (κ2) is 12.2. The van der Waals surface area contributed by atoms with Gasteiger partial charge in [0, 0.05) is 0 Å². The summed E-state index contributed by atoms with van der Waals surface area (Å²) >= 11 is -0.708. The average Bonchev–Trinajstić information content (AvgIpc) is 3.02. The van der Waals surface area contributed by atoms with Crippen LogP contribution in [-0.2, 0) is 4.74 Å². The van der Waals surface area contributed by atoms with Crippen LogP contribution in [0.4, 0.5) is 9.93 Å². The fraction of sp³-hybridized carbons (Fsp3) is 0.789. The Hall–Kier alpha value is -0.301. The van der Waals surface area contributed by atoms with E-state index in [1.54, 1.807) is 11.3 Å². The topological polar surface area (TPSA) is 51.2 Å². The quantitative estimate of drug-likeness (QED) is 0.369. The number of thiazole rings is 1. The van der Waals surface area contributed by atoms with E-state index in [-0.39, 0.29) is 6.10 Å². The second-order valence-electron chi connectivity index (χ2n) is 7.20. The van der Waals surface area contributed by atoms with Gasteiger partial charge in [-0.25, -0.2) is 0 Å². The van der Waals surface area contributed by atoms with Crippen LogP contribution in [0, 0.1) is 0 Å². The normalized spacial score (nSPS) is 11.8. The molecule has 0 aliphatic heterocycles. The van der Waals surface area contributed by atoms with Crippen LogP contribution in [0.5, 0.6) is 0 Å². The van der Waals surface area contributed by atoms with Crippen molar-refractivity contribution >= 4 is 43.8 Å². The number of ether oxygens (including phenoxy) is 1. The summed E-state index contributed by atoms with van der Waals surface area (Å²) in [4.78, 5) is 16.4. The summed E-state index contributed by atoms with van der Waals surface area (Å²) in [5.74, 6) is 0. The molecule has 0 unspecified atom stereocenters. The fourth-order valence-electron chi connectivity index (χ4n) is 3.20.